The number of pyridine rings is 3. The highest BCUT2D eigenvalue weighted by atomic mass is 16.3. The van der Waals surface area contributed by atoms with Crippen LogP contribution in [0.1, 0.15) is 0 Å². The molecule has 0 saturated carbocycles. The van der Waals surface area contributed by atoms with Crippen LogP contribution < -0.4 is 0 Å². The molecule has 0 aliphatic heterocycles. The number of para-hydroxylation sites is 2. The lowest BCUT2D eigenvalue weighted by molar-refractivity contribution is 0.673. The summed E-state index contributed by atoms with van der Waals surface area (Å²) in [6.45, 7) is 0. The molecule has 11 rings (SSSR count). The van der Waals surface area contributed by atoms with E-state index >= 15 is 0 Å². The smallest absolute Gasteiger partial charge is 0.144 e. The quantitative estimate of drug-likeness (QED) is 0.179. The van der Waals surface area contributed by atoms with Gasteiger partial charge in [-0.05, 0) is 69.4 Å². The highest BCUT2D eigenvalue weighted by molar-refractivity contribution is 6.24. The number of benzene rings is 7. The van der Waals surface area contributed by atoms with Gasteiger partial charge in [0, 0.05) is 55.7 Å². The summed E-state index contributed by atoms with van der Waals surface area (Å²) in [4.78, 5) is 14.7. The molecule has 4 heterocycles. The van der Waals surface area contributed by atoms with Gasteiger partial charge in [0.25, 0.3) is 0 Å². The van der Waals surface area contributed by atoms with E-state index in [9.17, 15) is 0 Å². The number of aromatic nitrogens is 3. The molecule has 236 valence electrons. The van der Waals surface area contributed by atoms with Gasteiger partial charge in [0.05, 0.1) is 22.2 Å². The van der Waals surface area contributed by atoms with E-state index < -0.39 is 0 Å². The second-order valence-corrected chi connectivity index (χ2v) is 13.1. The molecule has 0 amide bonds. The maximum atomic E-state index is 6.53. The molecule has 7 aromatic carbocycles. The van der Waals surface area contributed by atoms with E-state index in [4.69, 9.17) is 14.4 Å². The van der Waals surface area contributed by atoms with Crippen LogP contribution in [0.2, 0.25) is 0 Å². The van der Waals surface area contributed by atoms with E-state index in [0.29, 0.717) is 0 Å². The number of hydrogen-bond donors (Lipinski definition) is 0. The van der Waals surface area contributed by atoms with Gasteiger partial charge in [-0.2, -0.15) is 0 Å². The molecule has 0 radical (unpaired) electrons. The third-order valence-electron chi connectivity index (χ3n) is 10.4. The van der Waals surface area contributed by atoms with Crippen LogP contribution >= 0.6 is 0 Å². The van der Waals surface area contributed by atoms with Crippen LogP contribution in [-0.2, 0) is 0 Å². The summed E-state index contributed by atoms with van der Waals surface area (Å²) >= 11 is 0. The first-order valence-corrected chi connectivity index (χ1v) is 17.2. The van der Waals surface area contributed by atoms with Gasteiger partial charge < -0.3 is 4.42 Å². The summed E-state index contributed by atoms with van der Waals surface area (Å²) < 4.78 is 6.53. The summed E-state index contributed by atoms with van der Waals surface area (Å²) in [5.74, 6) is 0. The molecule has 51 heavy (non-hydrogen) atoms. The molecule has 11 aromatic rings. The van der Waals surface area contributed by atoms with Crippen LogP contribution in [0, 0.1) is 0 Å². The monoisotopic (exact) mass is 649 g/mol. The van der Waals surface area contributed by atoms with Gasteiger partial charge in [0.15, 0.2) is 0 Å². The second-order valence-electron chi connectivity index (χ2n) is 13.1. The lowest BCUT2D eigenvalue weighted by Gasteiger charge is -2.15. The Morgan fingerprint density at radius 1 is 0.412 bits per heavy atom. The fourth-order valence-corrected chi connectivity index (χ4v) is 8.03. The maximum Gasteiger partial charge on any atom is 0.144 e. The first-order valence-electron chi connectivity index (χ1n) is 17.2. The minimum absolute atomic E-state index is 0.896. The van der Waals surface area contributed by atoms with Crippen molar-refractivity contribution < 1.29 is 4.42 Å². The zero-order chi connectivity index (χ0) is 33.5. The molecule has 0 unspecified atom stereocenters. The molecule has 0 aliphatic carbocycles. The van der Waals surface area contributed by atoms with Crippen LogP contribution in [0.4, 0.5) is 0 Å². The van der Waals surface area contributed by atoms with Crippen molar-refractivity contribution in [2.45, 2.75) is 0 Å². The Morgan fingerprint density at radius 3 is 1.92 bits per heavy atom. The Bertz CT molecular complexity index is 3200. The van der Waals surface area contributed by atoms with Crippen molar-refractivity contribution in [3.63, 3.8) is 0 Å². The predicted molar refractivity (Wildman–Crippen MR) is 211 cm³/mol. The van der Waals surface area contributed by atoms with E-state index in [1.807, 2.05) is 36.7 Å². The topological polar surface area (TPSA) is 51.8 Å². The molecule has 0 atom stereocenters. The average molecular weight is 650 g/mol. The van der Waals surface area contributed by atoms with Gasteiger partial charge in [0.1, 0.15) is 11.2 Å². The number of nitrogens with zero attached hydrogens (tertiary/aromatic N) is 3. The minimum atomic E-state index is 0.896. The molecule has 0 saturated heterocycles. The summed E-state index contributed by atoms with van der Waals surface area (Å²) in [5, 5.41) is 10.1. The molecule has 0 aliphatic rings. The Hall–Kier alpha value is -6.91. The van der Waals surface area contributed by atoms with Crippen molar-refractivity contribution in [1.82, 2.24) is 15.0 Å². The fraction of sp³-hybridized carbons (Fsp3) is 0. The Morgan fingerprint density at radius 2 is 1.06 bits per heavy atom. The molecule has 4 heteroatoms. The largest absolute Gasteiger partial charge is 0.455 e. The van der Waals surface area contributed by atoms with Gasteiger partial charge in [-0.15, -0.1) is 0 Å². The van der Waals surface area contributed by atoms with E-state index in [-0.39, 0.29) is 0 Å². The van der Waals surface area contributed by atoms with Crippen LogP contribution in [0.25, 0.3) is 110 Å². The number of fused-ring (bicyclic) bond motifs is 11. The minimum Gasteiger partial charge on any atom is -0.455 e. The van der Waals surface area contributed by atoms with Crippen LogP contribution in [0.15, 0.2) is 168 Å². The van der Waals surface area contributed by atoms with Gasteiger partial charge in [0.2, 0.25) is 0 Å². The lowest BCUT2D eigenvalue weighted by atomic mass is 9.89. The number of hydrogen-bond acceptors (Lipinski definition) is 4. The standard InChI is InChI=1S/C47H27N3O/c1-2-11-33-32(10-1)31(21-22-34(33)40-27-30-9-7-25-48-45(30)46-36(40)14-8-26-49-46)28-17-19-29(20-18-28)44-39-24-23-37-35-12-4-6-16-42(35)51-47(37)43(39)38-13-3-5-15-41(38)50-44/h1-27H. The summed E-state index contributed by atoms with van der Waals surface area (Å²) in [5.41, 5.74) is 11.3. The van der Waals surface area contributed by atoms with Crippen molar-refractivity contribution in [2.75, 3.05) is 0 Å². The highest BCUT2D eigenvalue weighted by Gasteiger charge is 2.18. The molecular weight excluding hydrogens is 623 g/mol. The summed E-state index contributed by atoms with van der Waals surface area (Å²) in [6.07, 6.45) is 3.68. The molecule has 4 nitrogen and oxygen atoms in total. The molecule has 0 spiro atoms. The van der Waals surface area contributed by atoms with E-state index in [2.05, 4.69) is 132 Å². The van der Waals surface area contributed by atoms with E-state index in [1.54, 1.807) is 0 Å². The lowest BCUT2D eigenvalue weighted by Crippen LogP contribution is -1.92. The zero-order valence-electron chi connectivity index (χ0n) is 27.3. The van der Waals surface area contributed by atoms with Crippen LogP contribution in [0.3, 0.4) is 0 Å². The fourth-order valence-electron chi connectivity index (χ4n) is 8.03. The van der Waals surface area contributed by atoms with E-state index in [1.165, 1.54) is 21.9 Å². The average Bonchev–Trinajstić information content (AvgIpc) is 3.59. The van der Waals surface area contributed by atoms with Crippen molar-refractivity contribution in [2.24, 2.45) is 0 Å². The van der Waals surface area contributed by atoms with Crippen LogP contribution in [0.5, 0.6) is 0 Å². The van der Waals surface area contributed by atoms with Gasteiger partial charge in [-0.3, -0.25) is 9.97 Å². The molecule has 4 aromatic heterocycles. The Labute approximate surface area is 292 Å². The summed E-state index contributed by atoms with van der Waals surface area (Å²) in [7, 11) is 0. The Kier molecular flexibility index (Phi) is 5.92. The van der Waals surface area contributed by atoms with Gasteiger partial charge >= 0.3 is 0 Å². The molecule has 0 fully saturated rings. The summed E-state index contributed by atoms with van der Waals surface area (Å²) in [6, 6.07) is 53.6. The Balaban J connectivity index is 1.07. The zero-order valence-corrected chi connectivity index (χ0v) is 27.3. The van der Waals surface area contributed by atoms with Crippen molar-refractivity contribution in [1.29, 1.82) is 0 Å². The normalized spacial score (nSPS) is 11.9. The first kappa shape index (κ1) is 28.0. The highest BCUT2D eigenvalue weighted by Crippen LogP contribution is 2.43. The van der Waals surface area contributed by atoms with Gasteiger partial charge in [-0.25, -0.2) is 4.98 Å². The molecule has 0 bridgehead atoms. The van der Waals surface area contributed by atoms with Gasteiger partial charge in [-0.1, -0.05) is 115 Å². The number of furan rings is 1. The SMILES string of the molecule is c1cnc2c(c1)cc(-c1ccc(-c3ccc(-c4nc5ccccc5c5c4ccc4c6ccccc6oc45)cc3)c3ccccc13)c1cccnc12. The molecule has 0 N–H and O–H groups in total. The maximum absolute atomic E-state index is 6.53. The van der Waals surface area contributed by atoms with Crippen molar-refractivity contribution in [3.8, 4) is 33.5 Å². The third-order valence-corrected chi connectivity index (χ3v) is 10.4. The van der Waals surface area contributed by atoms with E-state index in [0.717, 1.165) is 87.8 Å². The van der Waals surface area contributed by atoms with Crippen molar-refractivity contribution in [3.05, 3.63) is 164 Å². The second kappa shape index (κ2) is 10.8. The van der Waals surface area contributed by atoms with Crippen molar-refractivity contribution >= 4 is 76.2 Å². The molecular formula is C47H27N3O. The third kappa shape index (κ3) is 4.17. The first-order chi connectivity index (χ1) is 25.3. The predicted octanol–water partition coefficient (Wildman–Crippen LogP) is 12.5. The van der Waals surface area contributed by atoms with Crippen LogP contribution in [-0.4, -0.2) is 15.0 Å². The number of rotatable bonds is 3.